The standard InChI is InChI=1S/C19H22FNO3S/c1-24-17-9-11-18(12-10-17)25(22,23)21-13-4-2-3-8-19(21)15-6-5-7-16(20)14-15/h5-7,9-12,14,19H,2-4,8,13H2,1H3/t19-/m0/s1. The van der Waals surface area contributed by atoms with Crippen LogP contribution in [0.15, 0.2) is 53.4 Å². The first-order valence-electron chi connectivity index (χ1n) is 8.44. The average molecular weight is 363 g/mol. The maximum absolute atomic E-state index is 13.7. The third-order valence-electron chi connectivity index (χ3n) is 4.60. The second-order valence-electron chi connectivity index (χ2n) is 6.21. The van der Waals surface area contributed by atoms with E-state index in [1.54, 1.807) is 36.4 Å². The highest BCUT2D eigenvalue weighted by Gasteiger charge is 2.33. The van der Waals surface area contributed by atoms with Gasteiger partial charge in [-0.3, -0.25) is 0 Å². The van der Waals surface area contributed by atoms with E-state index < -0.39 is 10.0 Å². The maximum Gasteiger partial charge on any atom is 0.243 e. The summed E-state index contributed by atoms with van der Waals surface area (Å²) in [6.07, 6.45) is 3.40. The summed E-state index contributed by atoms with van der Waals surface area (Å²) < 4.78 is 46.7. The van der Waals surface area contributed by atoms with Crippen molar-refractivity contribution < 1.29 is 17.5 Å². The van der Waals surface area contributed by atoms with E-state index in [0.29, 0.717) is 24.3 Å². The van der Waals surface area contributed by atoms with Crippen molar-refractivity contribution in [3.05, 3.63) is 59.9 Å². The number of ether oxygens (including phenoxy) is 1. The summed E-state index contributed by atoms with van der Waals surface area (Å²) in [6.45, 7) is 0.440. The SMILES string of the molecule is COc1ccc(S(=O)(=O)N2CCCCC[C@H]2c2cccc(F)c2)cc1. The van der Waals surface area contributed by atoms with E-state index in [4.69, 9.17) is 4.74 Å². The highest BCUT2D eigenvalue weighted by atomic mass is 32.2. The number of hydrogen-bond donors (Lipinski definition) is 0. The molecule has 1 aliphatic heterocycles. The van der Waals surface area contributed by atoms with Crippen LogP contribution in [0, 0.1) is 5.82 Å². The van der Waals surface area contributed by atoms with Gasteiger partial charge in [0.15, 0.2) is 0 Å². The molecule has 0 aromatic heterocycles. The first kappa shape index (κ1) is 17.9. The van der Waals surface area contributed by atoms with Gasteiger partial charge in [0.25, 0.3) is 0 Å². The zero-order valence-corrected chi connectivity index (χ0v) is 15.0. The number of methoxy groups -OCH3 is 1. The number of halogens is 1. The Balaban J connectivity index is 1.99. The lowest BCUT2D eigenvalue weighted by Crippen LogP contribution is -2.34. The molecule has 0 unspecified atom stereocenters. The molecule has 0 spiro atoms. The fraction of sp³-hybridized carbons (Fsp3) is 0.368. The topological polar surface area (TPSA) is 46.6 Å². The zero-order chi connectivity index (χ0) is 17.9. The molecule has 1 saturated heterocycles. The molecule has 0 aliphatic carbocycles. The summed E-state index contributed by atoms with van der Waals surface area (Å²) in [5, 5.41) is 0. The van der Waals surface area contributed by atoms with Gasteiger partial charge in [0.2, 0.25) is 10.0 Å². The van der Waals surface area contributed by atoms with Crippen molar-refractivity contribution in [1.82, 2.24) is 4.31 Å². The highest BCUT2D eigenvalue weighted by molar-refractivity contribution is 7.89. The van der Waals surface area contributed by atoms with Crippen LogP contribution in [0.5, 0.6) is 5.75 Å². The molecule has 1 atom stereocenters. The van der Waals surface area contributed by atoms with Crippen LogP contribution in [0.3, 0.4) is 0 Å². The number of sulfonamides is 1. The lowest BCUT2D eigenvalue weighted by atomic mass is 10.0. The molecule has 1 heterocycles. The Bertz CT molecular complexity index is 821. The fourth-order valence-corrected chi connectivity index (χ4v) is 4.98. The summed E-state index contributed by atoms with van der Waals surface area (Å²) in [4.78, 5) is 0.233. The summed E-state index contributed by atoms with van der Waals surface area (Å²) in [5.41, 5.74) is 0.707. The monoisotopic (exact) mass is 363 g/mol. The second-order valence-corrected chi connectivity index (χ2v) is 8.10. The minimum atomic E-state index is -3.67. The van der Waals surface area contributed by atoms with Crippen molar-refractivity contribution in [3.63, 3.8) is 0 Å². The van der Waals surface area contributed by atoms with Crippen molar-refractivity contribution in [2.45, 2.75) is 36.6 Å². The normalized spacial score (nSPS) is 19.4. The van der Waals surface area contributed by atoms with E-state index in [1.165, 1.54) is 23.5 Å². The number of hydrogen-bond acceptors (Lipinski definition) is 3. The Kier molecular flexibility index (Phi) is 5.39. The van der Waals surface area contributed by atoms with Crippen LogP contribution >= 0.6 is 0 Å². The summed E-state index contributed by atoms with van der Waals surface area (Å²) in [7, 11) is -2.13. The van der Waals surface area contributed by atoms with E-state index in [1.807, 2.05) is 0 Å². The third-order valence-corrected chi connectivity index (χ3v) is 6.53. The molecule has 2 aromatic rings. The highest BCUT2D eigenvalue weighted by Crippen LogP contribution is 2.35. The fourth-order valence-electron chi connectivity index (χ4n) is 3.30. The molecule has 0 saturated carbocycles. The molecule has 0 radical (unpaired) electrons. The second kappa shape index (κ2) is 7.54. The summed E-state index contributed by atoms with van der Waals surface area (Å²) >= 11 is 0. The average Bonchev–Trinajstić information content (AvgIpc) is 2.88. The summed E-state index contributed by atoms with van der Waals surface area (Å²) in [6, 6.07) is 12.3. The molecule has 6 heteroatoms. The van der Waals surface area contributed by atoms with Crippen molar-refractivity contribution in [2.24, 2.45) is 0 Å². The molecule has 25 heavy (non-hydrogen) atoms. The number of nitrogens with zero attached hydrogens (tertiary/aromatic N) is 1. The molecule has 0 amide bonds. The van der Waals surface area contributed by atoms with Crippen molar-refractivity contribution in [2.75, 3.05) is 13.7 Å². The minimum Gasteiger partial charge on any atom is -0.497 e. The predicted octanol–water partition coefficient (Wildman–Crippen LogP) is 4.14. The maximum atomic E-state index is 13.7. The molecule has 0 N–H and O–H groups in total. The van der Waals surface area contributed by atoms with Gasteiger partial charge in [-0.05, 0) is 54.8 Å². The van der Waals surface area contributed by atoms with Crippen molar-refractivity contribution in [3.8, 4) is 5.75 Å². The Hall–Kier alpha value is -1.92. The van der Waals surface area contributed by atoms with Gasteiger partial charge in [-0.2, -0.15) is 4.31 Å². The lowest BCUT2D eigenvalue weighted by molar-refractivity contribution is 0.328. The van der Waals surface area contributed by atoms with Crippen LogP contribution in [0.4, 0.5) is 4.39 Å². The van der Waals surface area contributed by atoms with E-state index in [9.17, 15) is 12.8 Å². The van der Waals surface area contributed by atoms with Gasteiger partial charge in [-0.15, -0.1) is 0 Å². The van der Waals surface area contributed by atoms with Crippen molar-refractivity contribution in [1.29, 1.82) is 0 Å². The molecule has 1 aliphatic rings. The van der Waals surface area contributed by atoms with Crippen LogP contribution in [-0.4, -0.2) is 26.4 Å². The molecular weight excluding hydrogens is 341 g/mol. The first-order chi connectivity index (χ1) is 12.0. The lowest BCUT2D eigenvalue weighted by Gasteiger charge is -2.29. The van der Waals surface area contributed by atoms with E-state index in [0.717, 1.165) is 19.3 Å². The molecule has 0 bridgehead atoms. The van der Waals surface area contributed by atoms with Gasteiger partial charge in [-0.25, -0.2) is 12.8 Å². The number of benzene rings is 2. The van der Waals surface area contributed by atoms with Crippen LogP contribution < -0.4 is 4.74 Å². The Morgan fingerprint density at radius 3 is 2.52 bits per heavy atom. The Morgan fingerprint density at radius 1 is 1.08 bits per heavy atom. The van der Waals surface area contributed by atoms with Gasteiger partial charge in [0.1, 0.15) is 11.6 Å². The smallest absolute Gasteiger partial charge is 0.243 e. The Morgan fingerprint density at radius 2 is 1.84 bits per heavy atom. The van der Waals surface area contributed by atoms with E-state index in [2.05, 4.69) is 0 Å². The molecular formula is C19H22FNO3S. The van der Waals surface area contributed by atoms with Crippen LogP contribution in [-0.2, 0) is 10.0 Å². The molecule has 3 rings (SSSR count). The quantitative estimate of drug-likeness (QED) is 0.820. The largest absolute Gasteiger partial charge is 0.497 e. The van der Waals surface area contributed by atoms with Crippen LogP contribution in [0.2, 0.25) is 0 Å². The van der Waals surface area contributed by atoms with Crippen LogP contribution in [0.1, 0.15) is 37.3 Å². The zero-order valence-electron chi connectivity index (χ0n) is 14.2. The Labute approximate surface area is 148 Å². The van der Waals surface area contributed by atoms with Gasteiger partial charge in [0.05, 0.1) is 18.0 Å². The van der Waals surface area contributed by atoms with Crippen molar-refractivity contribution >= 4 is 10.0 Å². The molecule has 1 fully saturated rings. The first-order valence-corrected chi connectivity index (χ1v) is 9.88. The van der Waals surface area contributed by atoms with Gasteiger partial charge < -0.3 is 4.74 Å². The van der Waals surface area contributed by atoms with Gasteiger partial charge in [-0.1, -0.05) is 25.0 Å². The third kappa shape index (κ3) is 3.85. The minimum absolute atomic E-state index is 0.233. The number of rotatable bonds is 4. The van der Waals surface area contributed by atoms with Gasteiger partial charge in [0, 0.05) is 6.54 Å². The van der Waals surface area contributed by atoms with E-state index >= 15 is 0 Å². The van der Waals surface area contributed by atoms with Gasteiger partial charge >= 0.3 is 0 Å². The van der Waals surface area contributed by atoms with E-state index in [-0.39, 0.29) is 16.8 Å². The predicted molar refractivity (Wildman–Crippen MR) is 94.5 cm³/mol. The molecule has 4 nitrogen and oxygen atoms in total. The molecule has 2 aromatic carbocycles. The molecule has 134 valence electrons. The van der Waals surface area contributed by atoms with Crippen LogP contribution in [0.25, 0.3) is 0 Å². The summed E-state index contributed by atoms with van der Waals surface area (Å²) in [5.74, 6) is 0.264.